The van der Waals surface area contributed by atoms with Gasteiger partial charge in [-0.25, -0.2) is 0 Å². The van der Waals surface area contributed by atoms with E-state index in [0.29, 0.717) is 6.17 Å². The van der Waals surface area contributed by atoms with Gasteiger partial charge in [-0.2, -0.15) is 0 Å². The molecule has 0 fully saturated rings. The number of hydrogen-bond acceptors (Lipinski definition) is 2. The molecule has 1 aliphatic rings. The third-order valence-electron chi connectivity index (χ3n) is 5.27. The van der Waals surface area contributed by atoms with Crippen LogP contribution in [0.4, 0.5) is 0 Å². The van der Waals surface area contributed by atoms with E-state index in [0.717, 1.165) is 30.5 Å². The van der Waals surface area contributed by atoms with Crippen LogP contribution in [0.25, 0.3) is 0 Å². The molecule has 0 aromatic rings. The predicted octanol–water partition coefficient (Wildman–Crippen LogP) is 4.45. The fourth-order valence-corrected chi connectivity index (χ4v) is 3.55. The van der Waals surface area contributed by atoms with Crippen LogP contribution < -0.4 is 10.6 Å². The highest BCUT2D eigenvalue weighted by atomic mass is 16.1. The molecule has 0 bridgehead atoms. The van der Waals surface area contributed by atoms with Gasteiger partial charge in [0.05, 0.1) is 19.3 Å². The summed E-state index contributed by atoms with van der Waals surface area (Å²) in [6, 6.07) is 0. The Balaban J connectivity index is 2.22. The van der Waals surface area contributed by atoms with E-state index in [1.54, 1.807) is 6.92 Å². The zero-order valence-corrected chi connectivity index (χ0v) is 16.7. The SMILES string of the molecule is CCCCCCCCC/C=C/CC1NC=C[N+]1(CC)CCNC(C)=O. The van der Waals surface area contributed by atoms with Gasteiger partial charge in [-0.1, -0.05) is 57.6 Å². The van der Waals surface area contributed by atoms with Crippen LogP contribution in [0.1, 0.15) is 78.6 Å². The number of carbonyl (C=O) groups excluding carboxylic acids is 1. The first-order chi connectivity index (χ1) is 12.1. The Morgan fingerprint density at radius 1 is 1.12 bits per heavy atom. The second kappa shape index (κ2) is 13.0. The van der Waals surface area contributed by atoms with Crippen LogP contribution in [0.3, 0.4) is 0 Å². The lowest BCUT2D eigenvalue weighted by atomic mass is 10.1. The zero-order chi connectivity index (χ0) is 18.4. The molecule has 2 N–H and O–H groups in total. The predicted molar refractivity (Wildman–Crippen MR) is 107 cm³/mol. The maximum absolute atomic E-state index is 11.1. The van der Waals surface area contributed by atoms with Crippen molar-refractivity contribution in [1.82, 2.24) is 10.6 Å². The normalized spacial score (nSPS) is 22.4. The molecule has 0 aromatic carbocycles. The fraction of sp³-hybridized carbons (Fsp3) is 0.762. The summed E-state index contributed by atoms with van der Waals surface area (Å²) in [6.07, 6.45) is 21.2. The van der Waals surface area contributed by atoms with Crippen LogP contribution in [0, 0.1) is 0 Å². The summed E-state index contributed by atoms with van der Waals surface area (Å²) >= 11 is 0. The fourth-order valence-electron chi connectivity index (χ4n) is 3.55. The van der Waals surface area contributed by atoms with Gasteiger partial charge in [0.1, 0.15) is 12.7 Å². The summed E-state index contributed by atoms with van der Waals surface area (Å²) in [4.78, 5) is 11.1. The zero-order valence-electron chi connectivity index (χ0n) is 16.7. The molecule has 4 heteroatoms. The number of amides is 1. The van der Waals surface area contributed by atoms with Crippen molar-refractivity contribution in [2.45, 2.75) is 84.7 Å². The van der Waals surface area contributed by atoms with E-state index in [-0.39, 0.29) is 5.91 Å². The average Bonchev–Trinajstić information content (AvgIpc) is 2.99. The molecular formula is C21H40N3O+. The molecule has 1 aliphatic heterocycles. The number of nitrogens with zero attached hydrogens (tertiary/aromatic N) is 1. The minimum Gasteiger partial charge on any atom is -0.351 e. The van der Waals surface area contributed by atoms with E-state index in [1.807, 2.05) is 0 Å². The second-order valence-electron chi connectivity index (χ2n) is 7.24. The Hall–Kier alpha value is -1.29. The van der Waals surface area contributed by atoms with Crippen LogP contribution >= 0.6 is 0 Å². The number of nitrogens with one attached hydrogen (secondary N) is 2. The van der Waals surface area contributed by atoms with E-state index >= 15 is 0 Å². The van der Waals surface area contributed by atoms with Crippen LogP contribution in [0.2, 0.25) is 0 Å². The summed E-state index contributed by atoms with van der Waals surface area (Å²) in [5.74, 6) is 0.0523. The molecule has 0 spiro atoms. The van der Waals surface area contributed by atoms with Crippen molar-refractivity contribution in [3.63, 3.8) is 0 Å². The van der Waals surface area contributed by atoms with E-state index < -0.39 is 0 Å². The quantitative estimate of drug-likeness (QED) is 0.276. The van der Waals surface area contributed by atoms with Crippen molar-refractivity contribution in [1.29, 1.82) is 0 Å². The average molecular weight is 351 g/mol. The molecule has 0 aliphatic carbocycles. The summed E-state index contributed by atoms with van der Waals surface area (Å²) in [6.45, 7) is 8.78. The van der Waals surface area contributed by atoms with Crippen molar-refractivity contribution in [2.75, 3.05) is 19.6 Å². The molecule has 0 aromatic heterocycles. The van der Waals surface area contributed by atoms with Crippen LogP contribution in [-0.4, -0.2) is 36.2 Å². The number of likely N-dealkylation sites (N-methyl/N-ethyl adjacent to an activating group) is 1. The van der Waals surface area contributed by atoms with E-state index in [4.69, 9.17) is 0 Å². The summed E-state index contributed by atoms with van der Waals surface area (Å²) in [5.41, 5.74) is 0. The first kappa shape index (κ1) is 21.8. The minimum absolute atomic E-state index is 0.0523. The van der Waals surface area contributed by atoms with Crippen LogP contribution in [-0.2, 0) is 4.79 Å². The smallest absolute Gasteiger partial charge is 0.217 e. The minimum atomic E-state index is 0.0523. The van der Waals surface area contributed by atoms with E-state index in [1.165, 1.54) is 51.4 Å². The van der Waals surface area contributed by atoms with Crippen molar-refractivity contribution < 1.29 is 9.28 Å². The lowest BCUT2D eigenvalue weighted by Gasteiger charge is -2.36. The summed E-state index contributed by atoms with van der Waals surface area (Å²) in [7, 11) is 0. The molecule has 2 atom stereocenters. The first-order valence-electron chi connectivity index (χ1n) is 10.3. The van der Waals surface area contributed by atoms with E-state index in [9.17, 15) is 4.79 Å². The van der Waals surface area contributed by atoms with Gasteiger partial charge < -0.3 is 10.6 Å². The highest BCUT2D eigenvalue weighted by molar-refractivity contribution is 5.72. The van der Waals surface area contributed by atoms with Gasteiger partial charge in [-0.05, 0) is 19.8 Å². The van der Waals surface area contributed by atoms with Gasteiger partial charge in [-0.3, -0.25) is 9.28 Å². The van der Waals surface area contributed by atoms with Gasteiger partial charge in [0.15, 0.2) is 6.17 Å². The number of unbranched alkanes of at least 4 members (excludes halogenated alkanes) is 7. The van der Waals surface area contributed by atoms with Gasteiger partial charge >= 0.3 is 0 Å². The summed E-state index contributed by atoms with van der Waals surface area (Å²) in [5, 5.41) is 6.42. The molecule has 25 heavy (non-hydrogen) atoms. The number of hydrogen-bond donors (Lipinski definition) is 2. The molecule has 1 amide bonds. The third kappa shape index (κ3) is 8.57. The highest BCUT2D eigenvalue weighted by Crippen LogP contribution is 2.21. The molecule has 144 valence electrons. The largest absolute Gasteiger partial charge is 0.351 e. The first-order valence-corrected chi connectivity index (χ1v) is 10.3. The molecule has 0 saturated heterocycles. The molecule has 0 saturated carbocycles. The molecule has 2 unspecified atom stereocenters. The van der Waals surface area contributed by atoms with E-state index in [2.05, 4.69) is 49.0 Å². The van der Waals surface area contributed by atoms with Crippen molar-refractivity contribution in [3.05, 3.63) is 24.6 Å². The molecule has 0 radical (unpaired) electrons. The molecule has 1 heterocycles. The number of quaternary nitrogens is 1. The van der Waals surface area contributed by atoms with Gasteiger partial charge in [0.25, 0.3) is 0 Å². The monoisotopic (exact) mass is 350 g/mol. The number of allylic oxidation sites excluding steroid dienone is 1. The van der Waals surface area contributed by atoms with Gasteiger partial charge in [0, 0.05) is 13.3 Å². The Morgan fingerprint density at radius 2 is 1.84 bits per heavy atom. The van der Waals surface area contributed by atoms with Crippen molar-refractivity contribution in [3.8, 4) is 0 Å². The Morgan fingerprint density at radius 3 is 2.52 bits per heavy atom. The third-order valence-corrected chi connectivity index (χ3v) is 5.27. The Kier molecular flexibility index (Phi) is 11.3. The topological polar surface area (TPSA) is 41.1 Å². The number of carbonyl (C=O) groups is 1. The maximum atomic E-state index is 11.1. The lowest BCUT2D eigenvalue weighted by molar-refractivity contribution is -0.897. The Bertz CT molecular complexity index is 419. The number of rotatable bonds is 14. The molecule has 1 rings (SSSR count). The molecule has 4 nitrogen and oxygen atoms in total. The Labute approximate surface area is 155 Å². The van der Waals surface area contributed by atoms with Crippen LogP contribution in [0.15, 0.2) is 24.6 Å². The maximum Gasteiger partial charge on any atom is 0.217 e. The van der Waals surface area contributed by atoms with Crippen LogP contribution in [0.5, 0.6) is 0 Å². The molecular weight excluding hydrogens is 310 g/mol. The van der Waals surface area contributed by atoms with Gasteiger partial charge in [-0.15, -0.1) is 0 Å². The van der Waals surface area contributed by atoms with Gasteiger partial charge in [0.2, 0.25) is 5.91 Å². The lowest BCUT2D eigenvalue weighted by Crippen LogP contribution is -2.55. The van der Waals surface area contributed by atoms with Crippen molar-refractivity contribution in [2.24, 2.45) is 0 Å². The summed E-state index contributed by atoms with van der Waals surface area (Å²) < 4.78 is 0.905. The highest BCUT2D eigenvalue weighted by Gasteiger charge is 2.35. The standard InChI is InChI=1S/C21H39N3O/c1-4-6-7-8-9-10-11-12-13-14-15-21-23-17-19-24(21,5-2)18-16-22-20(3)25/h13-14,17,19,21,23H,4-12,15-16,18H2,1-3H3/p+1/b14-13+. The second-order valence-corrected chi connectivity index (χ2v) is 7.24. The van der Waals surface area contributed by atoms with Crippen molar-refractivity contribution >= 4 is 5.91 Å².